The smallest absolute Gasteiger partial charge is 0.220 e. The molecule has 1 amide bonds. The van der Waals surface area contributed by atoms with Gasteiger partial charge in [-0.3, -0.25) is 4.79 Å². The van der Waals surface area contributed by atoms with E-state index in [4.69, 9.17) is 28.4 Å². The van der Waals surface area contributed by atoms with Gasteiger partial charge in [0, 0.05) is 6.42 Å². The Hall–Kier alpha value is -3.55. The number of aliphatic hydroxyl groups is 11. The number of ether oxygens (including phenoxy) is 6. The molecule has 3 fully saturated rings. The molecule has 3 heterocycles. The fourth-order valence-electron chi connectivity index (χ4n) is 11.3. The van der Waals surface area contributed by atoms with Crippen molar-refractivity contribution in [2.75, 3.05) is 26.4 Å². The van der Waals surface area contributed by atoms with Crippen LogP contribution in [-0.4, -0.2) is 193 Å². The van der Waals surface area contributed by atoms with Gasteiger partial charge in [0.1, 0.15) is 73.2 Å². The van der Waals surface area contributed by atoms with E-state index in [1.807, 2.05) is 6.08 Å². The highest BCUT2D eigenvalue weighted by atomic mass is 16.8. The van der Waals surface area contributed by atoms with Crippen LogP contribution in [-0.2, 0) is 33.2 Å². The summed E-state index contributed by atoms with van der Waals surface area (Å²) < 4.78 is 34.2. The zero-order valence-corrected chi connectivity index (χ0v) is 56.4. The SMILES string of the molecule is CC/C=C\C/C=C\C/C=C\C/C=C\C/C=C\C/C=C\C/C=C\CCCCCCCCCCCCCCCCCCCC(=O)NC(COC1OC(CO)C(OC2OC(CO)C(OC3OC(CO)C(O)C(O)C3O)C(O)C2O)C(O)C1O)C(O)/C=C/CC/C=C/CCCCC. The number of amides is 1. The highest BCUT2D eigenvalue weighted by molar-refractivity contribution is 5.76. The van der Waals surface area contributed by atoms with Gasteiger partial charge in [0.25, 0.3) is 0 Å². The first-order valence-corrected chi connectivity index (χ1v) is 35.6. The van der Waals surface area contributed by atoms with Gasteiger partial charge in [0.15, 0.2) is 18.9 Å². The second-order valence-corrected chi connectivity index (χ2v) is 25.0. The van der Waals surface area contributed by atoms with Gasteiger partial charge < -0.3 is 89.9 Å². The predicted molar refractivity (Wildman–Crippen MR) is 364 cm³/mol. The van der Waals surface area contributed by atoms with Crippen LogP contribution in [0.5, 0.6) is 0 Å². The summed E-state index contributed by atoms with van der Waals surface area (Å²) in [4.78, 5) is 13.3. The van der Waals surface area contributed by atoms with E-state index in [2.05, 4.69) is 116 Å². The third-order valence-electron chi connectivity index (χ3n) is 17.1. The fourth-order valence-corrected chi connectivity index (χ4v) is 11.3. The highest BCUT2D eigenvalue weighted by Crippen LogP contribution is 2.33. The molecule has 3 aliphatic rings. The molecule has 3 rings (SSSR count). The maximum atomic E-state index is 13.3. The predicted octanol–water partition coefficient (Wildman–Crippen LogP) is 9.83. The Morgan fingerprint density at radius 3 is 1.20 bits per heavy atom. The zero-order valence-electron chi connectivity index (χ0n) is 56.4. The Balaban J connectivity index is 1.28. The monoisotopic (exact) mass is 1320 g/mol. The molecule has 0 bridgehead atoms. The number of carbonyl (C=O) groups is 1. The van der Waals surface area contributed by atoms with Crippen molar-refractivity contribution in [1.82, 2.24) is 5.32 Å². The van der Waals surface area contributed by atoms with Crippen molar-refractivity contribution < 1.29 is 89.4 Å². The number of rotatable bonds is 53. The maximum Gasteiger partial charge on any atom is 0.220 e. The molecule has 17 atom stereocenters. The summed E-state index contributed by atoms with van der Waals surface area (Å²) in [6, 6.07) is -0.992. The first-order chi connectivity index (χ1) is 45.3. The van der Waals surface area contributed by atoms with Crippen molar-refractivity contribution in [3.63, 3.8) is 0 Å². The van der Waals surface area contributed by atoms with Gasteiger partial charge >= 0.3 is 0 Å². The Morgan fingerprint density at radius 1 is 0.398 bits per heavy atom. The van der Waals surface area contributed by atoms with Gasteiger partial charge in [-0.2, -0.15) is 0 Å². The van der Waals surface area contributed by atoms with Crippen LogP contribution in [0.25, 0.3) is 0 Å². The molecule has 0 saturated carbocycles. The molecular weight excluding hydrogens is 1190 g/mol. The number of aliphatic hydroxyl groups excluding tert-OH is 11. The molecule has 19 nitrogen and oxygen atoms in total. The van der Waals surface area contributed by atoms with Gasteiger partial charge in [-0.15, -0.1) is 0 Å². The fraction of sp³-hybridized carbons (Fsp3) is 0.743. The van der Waals surface area contributed by atoms with Crippen LogP contribution in [0.3, 0.4) is 0 Å². The quantitative estimate of drug-likeness (QED) is 0.0199. The van der Waals surface area contributed by atoms with E-state index in [0.29, 0.717) is 12.8 Å². The van der Waals surface area contributed by atoms with E-state index >= 15 is 0 Å². The Bertz CT molecular complexity index is 2110. The van der Waals surface area contributed by atoms with Crippen LogP contribution in [0.4, 0.5) is 0 Å². The van der Waals surface area contributed by atoms with E-state index in [0.717, 1.165) is 89.9 Å². The van der Waals surface area contributed by atoms with Crippen molar-refractivity contribution in [2.45, 2.75) is 324 Å². The molecule has 0 radical (unpaired) electrons. The molecule has 0 aromatic heterocycles. The molecule has 534 valence electrons. The van der Waals surface area contributed by atoms with Gasteiger partial charge in [-0.05, 0) is 89.9 Å². The number of unbranched alkanes of at least 4 members (excludes halogenated alkanes) is 21. The number of allylic oxidation sites excluding steroid dienone is 17. The third-order valence-corrected chi connectivity index (χ3v) is 17.1. The minimum Gasteiger partial charge on any atom is -0.394 e. The van der Waals surface area contributed by atoms with Crippen LogP contribution >= 0.6 is 0 Å². The Morgan fingerprint density at radius 2 is 0.753 bits per heavy atom. The molecule has 0 aromatic rings. The first kappa shape index (κ1) is 83.7. The van der Waals surface area contributed by atoms with Gasteiger partial charge in [0.2, 0.25) is 5.91 Å². The van der Waals surface area contributed by atoms with E-state index in [1.54, 1.807) is 6.08 Å². The summed E-state index contributed by atoms with van der Waals surface area (Å²) in [5.74, 6) is -0.291. The molecular formula is C74H125NO18. The molecule has 93 heavy (non-hydrogen) atoms. The molecule has 0 aromatic carbocycles. The van der Waals surface area contributed by atoms with Gasteiger partial charge in [0.05, 0.1) is 38.6 Å². The Labute approximate surface area is 557 Å². The van der Waals surface area contributed by atoms with E-state index in [1.165, 1.54) is 96.3 Å². The minimum atomic E-state index is -1.98. The molecule has 12 N–H and O–H groups in total. The van der Waals surface area contributed by atoms with Crippen LogP contribution in [0.2, 0.25) is 0 Å². The average molecular weight is 1320 g/mol. The normalized spacial score (nSPS) is 28.2. The lowest BCUT2D eigenvalue weighted by atomic mass is 9.96. The topological polar surface area (TPSA) is 307 Å². The average Bonchev–Trinajstić information content (AvgIpc) is 0.828. The number of nitrogens with one attached hydrogen (secondary N) is 1. The van der Waals surface area contributed by atoms with Crippen LogP contribution in [0.1, 0.15) is 219 Å². The maximum absolute atomic E-state index is 13.3. The summed E-state index contributed by atoms with van der Waals surface area (Å²) in [5, 5.41) is 120. The lowest BCUT2D eigenvalue weighted by Gasteiger charge is -2.48. The second-order valence-electron chi connectivity index (χ2n) is 25.0. The number of carbonyl (C=O) groups excluding carboxylic acids is 1. The number of hydrogen-bond donors (Lipinski definition) is 12. The summed E-state index contributed by atoms with van der Waals surface area (Å²) >= 11 is 0. The number of hydrogen-bond acceptors (Lipinski definition) is 18. The van der Waals surface area contributed by atoms with E-state index in [9.17, 15) is 61.0 Å². The van der Waals surface area contributed by atoms with Crippen LogP contribution in [0.15, 0.2) is 109 Å². The van der Waals surface area contributed by atoms with Crippen molar-refractivity contribution >= 4 is 5.91 Å². The van der Waals surface area contributed by atoms with E-state index in [-0.39, 0.29) is 18.9 Å². The second kappa shape index (κ2) is 54.5. The van der Waals surface area contributed by atoms with Crippen molar-refractivity contribution in [2.24, 2.45) is 0 Å². The summed E-state index contributed by atoms with van der Waals surface area (Å²) in [6.07, 6.45) is 47.0. The van der Waals surface area contributed by atoms with Crippen LogP contribution < -0.4 is 5.32 Å². The lowest BCUT2D eigenvalue weighted by Crippen LogP contribution is -2.66. The molecule has 17 unspecified atom stereocenters. The summed E-state index contributed by atoms with van der Waals surface area (Å²) in [5.41, 5.74) is 0. The van der Waals surface area contributed by atoms with Crippen molar-refractivity contribution in [1.29, 1.82) is 0 Å². The first-order valence-electron chi connectivity index (χ1n) is 35.6. The summed E-state index contributed by atoms with van der Waals surface area (Å²) in [6.45, 7) is 1.51. The summed E-state index contributed by atoms with van der Waals surface area (Å²) in [7, 11) is 0. The lowest BCUT2D eigenvalue weighted by molar-refractivity contribution is -0.379. The van der Waals surface area contributed by atoms with Gasteiger partial charge in [-0.25, -0.2) is 0 Å². The molecule has 3 saturated heterocycles. The van der Waals surface area contributed by atoms with Crippen molar-refractivity contribution in [3.8, 4) is 0 Å². The third kappa shape index (κ3) is 36.0. The largest absolute Gasteiger partial charge is 0.394 e. The van der Waals surface area contributed by atoms with Crippen LogP contribution in [0, 0.1) is 0 Å². The van der Waals surface area contributed by atoms with Crippen molar-refractivity contribution in [3.05, 3.63) is 109 Å². The standard InChI is InChI=1S/C74H125NO18/c1-3-5-7-9-11-13-14-15-16-17-18-19-20-21-22-23-24-25-26-27-28-29-30-31-32-33-34-35-36-37-38-39-40-41-42-44-46-48-50-52-62(80)75-57(58(79)51-49-47-45-43-12-10-8-6-4-2)56-88-72-68(86)65(83)70(60(54-77)90-72)93-74-69(87)66(84)71(61(55-78)91-74)92-73-67(85)64(82)63(81)59(53-76)89-73/h5,7,11-13,15-16,18-19,21-22,24-25,27-28,43,49,51,57-61,63-74,76-79,81-87H,3-4,6,8-10,14,17,20,23,26,29-42,44-48,50,52-56H2,1-2H3,(H,75,80)/b7-5-,13-11-,16-15-,19-18-,22-21-,25-24-,28-27-,43-12+,51-49+. The molecule has 0 aliphatic carbocycles. The minimum absolute atomic E-state index is 0.231. The molecule has 19 heteroatoms. The Kier molecular flexibility index (Phi) is 49.0. The molecule has 0 spiro atoms. The van der Waals surface area contributed by atoms with Gasteiger partial charge in [-0.1, -0.05) is 232 Å². The zero-order chi connectivity index (χ0) is 67.5. The highest BCUT2D eigenvalue weighted by Gasteiger charge is 2.53. The molecule has 3 aliphatic heterocycles. The van der Waals surface area contributed by atoms with E-state index < -0.39 is 124 Å².